The molecule has 0 unspecified atom stereocenters. The van der Waals surface area contributed by atoms with E-state index >= 15 is 0 Å². The van der Waals surface area contributed by atoms with Crippen LogP contribution in [0.25, 0.3) is 22.4 Å². The van der Waals surface area contributed by atoms with E-state index in [1.165, 1.54) is 30.3 Å². The molecule has 1 N–H and O–H groups in total. The molecule has 1 heterocycles. The molecule has 0 atom stereocenters. The van der Waals surface area contributed by atoms with Crippen LogP contribution in [0.3, 0.4) is 0 Å². The van der Waals surface area contributed by atoms with Gasteiger partial charge in [0, 0.05) is 29.3 Å². The summed E-state index contributed by atoms with van der Waals surface area (Å²) >= 11 is 0. The first-order chi connectivity index (χ1) is 17.6. The Hall–Kier alpha value is -3.82. The molecule has 1 aromatic heterocycles. The van der Waals surface area contributed by atoms with Crippen molar-refractivity contribution >= 4 is 31.3 Å². The zero-order valence-corrected chi connectivity index (χ0v) is 21.6. The number of benzene rings is 3. The molecule has 1 fully saturated rings. The van der Waals surface area contributed by atoms with E-state index in [4.69, 9.17) is 0 Å². The van der Waals surface area contributed by atoms with Crippen molar-refractivity contribution in [3.8, 4) is 22.4 Å². The van der Waals surface area contributed by atoms with Crippen molar-refractivity contribution in [3.63, 3.8) is 0 Å². The fourth-order valence-electron chi connectivity index (χ4n) is 4.07. The molecule has 1 amide bonds. The van der Waals surface area contributed by atoms with Gasteiger partial charge in [0.2, 0.25) is 0 Å². The number of aromatic nitrogens is 1. The molecule has 1 saturated carbocycles. The summed E-state index contributed by atoms with van der Waals surface area (Å²) in [5.41, 5.74) is 3.33. The Labute approximate surface area is 216 Å². The molecule has 1 aliphatic carbocycles. The monoisotopic (exact) mass is 532 g/mol. The van der Waals surface area contributed by atoms with Gasteiger partial charge in [0.15, 0.2) is 19.7 Å². The lowest BCUT2D eigenvalue weighted by atomic mass is 9.99. The molecule has 0 spiro atoms. The molecule has 5 rings (SSSR count). The number of nitrogens with zero attached hydrogens (tertiary/aromatic N) is 1. The van der Waals surface area contributed by atoms with Crippen LogP contribution in [-0.2, 0) is 19.7 Å². The van der Waals surface area contributed by atoms with Gasteiger partial charge in [-0.3, -0.25) is 9.78 Å². The van der Waals surface area contributed by atoms with E-state index in [0.717, 1.165) is 17.5 Å². The normalized spacial score (nSPS) is 13.8. The predicted molar refractivity (Wildman–Crippen MR) is 143 cm³/mol. The third kappa shape index (κ3) is 5.33. The number of hydrogen-bond donors (Lipinski definition) is 1. The maximum Gasteiger partial charge on any atom is 0.256 e. The van der Waals surface area contributed by atoms with Gasteiger partial charge < -0.3 is 5.32 Å². The summed E-state index contributed by atoms with van der Waals surface area (Å²) < 4.78 is 49.7. The average Bonchev–Trinajstić information content (AvgIpc) is 3.75. The number of pyridine rings is 1. The zero-order valence-electron chi connectivity index (χ0n) is 20.0. The predicted octanol–water partition coefficient (Wildman–Crippen LogP) is 5.01. The van der Waals surface area contributed by atoms with Gasteiger partial charge in [0.25, 0.3) is 5.91 Å². The number of sulfone groups is 2. The van der Waals surface area contributed by atoms with Crippen LogP contribution in [-0.4, -0.2) is 39.2 Å². The Kier molecular flexibility index (Phi) is 6.43. The van der Waals surface area contributed by atoms with Gasteiger partial charge in [-0.05, 0) is 78.6 Å². The highest BCUT2D eigenvalue weighted by Gasteiger charge is 2.36. The summed E-state index contributed by atoms with van der Waals surface area (Å²) in [7, 11) is -6.91. The maximum atomic E-state index is 13.4. The molecule has 0 saturated heterocycles. The molecule has 188 valence electrons. The lowest BCUT2D eigenvalue weighted by Gasteiger charge is -2.13. The lowest BCUT2D eigenvalue weighted by Crippen LogP contribution is -2.14. The van der Waals surface area contributed by atoms with Crippen molar-refractivity contribution < 1.29 is 21.6 Å². The average molecular weight is 533 g/mol. The maximum absolute atomic E-state index is 13.4. The minimum atomic E-state index is -3.54. The largest absolute Gasteiger partial charge is 0.322 e. The molecule has 3 aromatic carbocycles. The van der Waals surface area contributed by atoms with Crippen molar-refractivity contribution in [1.29, 1.82) is 0 Å². The number of rotatable bonds is 7. The van der Waals surface area contributed by atoms with Crippen LogP contribution in [0.4, 0.5) is 5.69 Å². The molecular weight excluding hydrogens is 508 g/mol. The zero-order chi connectivity index (χ0) is 26.2. The standard InChI is InChI=1S/C28H24N2O5S2/c1-36(32,33)24-14-15-25(26(18-24)19-8-10-22(11-9-19)37(34,35)23-12-13-23)28(31)30-21-6-4-5-20(17-21)27-7-2-3-16-29-27/h2-11,14-18,23H,12-13H2,1H3,(H,30,31). The van der Waals surface area contributed by atoms with Gasteiger partial charge >= 0.3 is 0 Å². The minimum Gasteiger partial charge on any atom is -0.322 e. The summed E-state index contributed by atoms with van der Waals surface area (Å²) in [6.45, 7) is 0. The van der Waals surface area contributed by atoms with Crippen LogP contribution in [0, 0.1) is 0 Å². The van der Waals surface area contributed by atoms with Gasteiger partial charge in [-0.25, -0.2) is 16.8 Å². The number of hydrogen-bond acceptors (Lipinski definition) is 6. The smallest absolute Gasteiger partial charge is 0.256 e. The first kappa shape index (κ1) is 24.9. The fourth-order valence-corrected chi connectivity index (χ4v) is 6.38. The van der Waals surface area contributed by atoms with E-state index in [9.17, 15) is 21.6 Å². The van der Waals surface area contributed by atoms with E-state index in [2.05, 4.69) is 10.3 Å². The van der Waals surface area contributed by atoms with Crippen LogP contribution in [0.1, 0.15) is 23.2 Å². The number of carbonyl (C=O) groups is 1. The summed E-state index contributed by atoms with van der Waals surface area (Å²) in [5.74, 6) is -0.428. The van der Waals surface area contributed by atoms with Crippen LogP contribution < -0.4 is 5.32 Å². The molecule has 0 aliphatic heterocycles. The topological polar surface area (TPSA) is 110 Å². The Bertz CT molecular complexity index is 1700. The van der Waals surface area contributed by atoms with E-state index < -0.39 is 25.6 Å². The van der Waals surface area contributed by atoms with Crippen LogP contribution >= 0.6 is 0 Å². The lowest BCUT2D eigenvalue weighted by molar-refractivity contribution is 0.102. The number of nitrogens with one attached hydrogen (secondary N) is 1. The number of anilines is 1. The molecule has 4 aromatic rings. The van der Waals surface area contributed by atoms with Crippen molar-refractivity contribution in [2.45, 2.75) is 27.9 Å². The highest BCUT2D eigenvalue weighted by molar-refractivity contribution is 7.92. The molecule has 0 bridgehead atoms. The number of amides is 1. The van der Waals surface area contributed by atoms with Gasteiger partial charge in [-0.1, -0.05) is 30.3 Å². The third-order valence-corrected chi connectivity index (χ3v) is 9.59. The summed E-state index contributed by atoms with van der Waals surface area (Å²) in [6, 6.07) is 23.4. The molecule has 37 heavy (non-hydrogen) atoms. The highest BCUT2D eigenvalue weighted by atomic mass is 32.2. The third-order valence-electron chi connectivity index (χ3n) is 6.20. The first-order valence-electron chi connectivity index (χ1n) is 11.6. The summed E-state index contributed by atoms with van der Waals surface area (Å²) in [4.78, 5) is 18.0. The van der Waals surface area contributed by atoms with Gasteiger partial charge in [0.1, 0.15) is 0 Å². The highest BCUT2D eigenvalue weighted by Crippen LogP contribution is 2.35. The Balaban J connectivity index is 1.50. The van der Waals surface area contributed by atoms with Crippen LogP contribution in [0.15, 0.2) is 101 Å². The SMILES string of the molecule is CS(=O)(=O)c1ccc(C(=O)Nc2cccc(-c3ccccn3)c2)c(-c2ccc(S(=O)(=O)C3CC3)cc2)c1. The Morgan fingerprint density at radius 3 is 2.19 bits per heavy atom. The first-order valence-corrected chi connectivity index (χ1v) is 15.1. The van der Waals surface area contributed by atoms with Gasteiger partial charge in [-0.2, -0.15) is 0 Å². The second-order valence-corrected chi connectivity index (χ2v) is 13.2. The minimum absolute atomic E-state index is 0.0610. The summed E-state index contributed by atoms with van der Waals surface area (Å²) in [5, 5.41) is 2.55. The molecule has 1 aliphatic rings. The fraction of sp³-hybridized carbons (Fsp3) is 0.143. The number of carbonyl (C=O) groups excluding carboxylic acids is 1. The van der Waals surface area contributed by atoms with E-state index in [1.54, 1.807) is 24.4 Å². The Morgan fingerprint density at radius 1 is 0.811 bits per heavy atom. The Morgan fingerprint density at radius 2 is 1.54 bits per heavy atom. The van der Waals surface area contributed by atoms with Gasteiger partial charge in [0.05, 0.1) is 20.7 Å². The quantitative estimate of drug-likeness (QED) is 0.358. The van der Waals surface area contributed by atoms with Crippen molar-refractivity contribution in [3.05, 3.63) is 96.7 Å². The van der Waals surface area contributed by atoms with Crippen LogP contribution in [0.5, 0.6) is 0 Å². The van der Waals surface area contributed by atoms with Crippen molar-refractivity contribution in [2.24, 2.45) is 0 Å². The second-order valence-electron chi connectivity index (χ2n) is 9.00. The van der Waals surface area contributed by atoms with Crippen molar-refractivity contribution in [1.82, 2.24) is 4.98 Å². The summed E-state index contributed by atoms with van der Waals surface area (Å²) in [6.07, 6.45) is 4.11. The second kappa shape index (κ2) is 9.57. The molecule has 7 nitrogen and oxygen atoms in total. The van der Waals surface area contributed by atoms with Gasteiger partial charge in [-0.15, -0.1) is 0 Å². The van der Waals surface area contributed by atoms with E-state index in [1.807, 2.05) is 36.4 Å². The van der Waals surface area contributed by atoms with Crippen LogP contribution in [0.2, 0.25) is 0 Å². The van der Waals surface area contributed by atoms with E-state index in [-0.39, 0.29) is 20.6 Å². The molecule has 0 radical (unpaired) electrons. The van der Waals surface area contributed by atoms with Crippen molar-refractivity contribution in [2.75, 3.05) is 11.6 Å². The molecule has 9 heteroatoms. The van der Waals surface area contributed by atoms with E-state index in [0.29, 0.717) is 29.7 Å². The molecular formula is C28H24N2O5S2.